The van der Waals surface area contributed by atoms with E-state index in [9.17, 15) is 9.59 Å². The molecule has 2 fully saturated rings. The minimum absolute atomic E-state index is 0.137. The molecule has 32 heavy (non-hydrogen) atoms. The van der Waals surface area contributed by atoms with Gasteiger partial charge in [0, 0.05) is 15.8 Å². The zero-order chi connectivity index (χ0) is 23.9. The number of carbonyl (C=O) groups is 2. The standard InChI is InChI=1S/C11H12BrNO2.C11H13NO2.BHNS/c1-15-10(14)11(4-5-11)7-2-3-9(13)8(12)6-7;1-14-10(13)11(6-7-11)8-2-4-9(12)5-3-8;1-2-3/h2-3,6H,4-5,13H2,1H3;2-5H,6-7,12H2,1H3;3H. The van der Waals surface area contributed by atoms with Crippen LogP contribution in [0.2, 0.25) is 0 Å². The number of hydrogen-bond acceptors (Lipinski definition) is 8. The predicted molar refractivity (Wildman–Crippen MR) is 132 cm³/mol. The second-order valence-corrected chi connectivity index (χ2v) is 8.71. The number of rotatable bonds is 4. The second kappa shape index (κ2) is 11.0. The van der Waals surface area contributed by atoms with E-state index in [2.05, 4.69) is 40.7 Å². The van der Waals surface area contributed by atoms with Crippen molar-refractivity contribution < 1.29 is 19.1 Å². The van der Waals surface area contributed by atoms with Crippen LogP contribution in [0.15, 0.2) is 51.2 Å². The normalized spacial score (nSPS) is 16.1. The van der Waals surface area contributed by atoms with Gasteiger partial charge >= 0.3 is 36.7 Å². The van der Waals surface area contributed by atoms with E-state index < -0.39 is 5.41 Å². The van der Waals surface area contributed by atoms with Crippen molar-refractivity contribution in [3.63, 3.8) is 0 Å². The Morgan fingerprint density at radius 1 is 0.938 bits per heavy atom. The van der Waals surface area contributed by atoms with E-state index in [1.807, 2.05) is 42.5 Å². The Bertz CT molecular complexity index is 980. The van der Waals surface area contributed by atoms with Crippen molar-refractivity contribution in [3.8, 4) is 0 Å². The van der Waals surface area contributed by atoms with E-state index >= 15 is 0 Å². The Balaban J connectivity index is 0.000000203. The molecule has 2 aromatic carbocycles. The molecule has 0 aromatic heterocycles. The average molecular weight is 519 g/mol. The van der Waals surface area contributed by atoms with Crippen molar-refractivity contribution >= 4 is 59.7 Å². The van der Waals surface area contributed by atoms with E-state index in [1.54, 1.807) is 0 Å². The van der Waals surface area contributed by atoms with Gasteiger partial charge in [-0.25, -0.2) is 0 Å². The summed E-state index contributed by atoms with van der Waals surface area (Å²) < 4.78 is 13.1. The predicted octanol–water partition coefficient (Wildman–Crippen LogP) is 3.89. The second-order valence-electron chi connectivity index (χ2n) is 7.62. The number of carbonyl (C=O) groups excluding carboxylic acids is 2. The van der Waals surface area contributed by atoms with Crippen molar-refractivity contribution in [2.45, 2.75) is 36.5 Å². The molecule has 0 spiro atoms. The van der Waals surface area contributed by atoms with Gasteiger partial charge in [-0.3, -0.25) is 9.59 Å². The van der Waals surface area contributed by atoms with Crippen LogP contribution in [0.5, 0.6) is 0 Å². The molecule has 2 saturated carbocycles. The SMILES string of the molecule is COC(=O)C1(c2ccc(N)c(Br)c2)CC1.COC(=O)C1(c2ccc(N)cc2)CC1.[B]=NS. The molecule has 2 aliphatic rings. The van der Waals surface area contributed by atoms with Gasteiger partial charge in [0.05, 0.1) is 25.0 Å². The first kappa shape index (κ1) is 25.9. The summed E-state index contributed by atoms with van der Waals surface area (Å²) in [5.74, 6) is -0.290. The van der Waals surface area contributed by atoms with Gasteiger partial charge in [-0.1, -0.05) is 18.2 Å². The summed E-state index contributed by atoms with van der Waals surface area (Å²) in [5.41, 5.74) is 13.9. The number of benzene rings is 2. The van der Waals surface area contributed by atoms with Crippen molar-refractivity contribution in [1.82, 2.24) is 0 Å². The van der Waals surface area contributed by atoms with E-state index in [0.29, 0.717) is 5.69 Å². The molecule has 7 nitrogen and oxygen atoms in total. The number of ether oxygens (including phenoxy) is 2. The fourth-order valence-corrected chi connectivity index (χ4v) is 3.87. The third kappa shape index (κ3) is 5.72. The van der Waals surface area contributed by atoms with Crippen molar-refractivity contribution in [2.24, 2.45) is 4.30 Å². The maximum atomic E-state index is 11.6. The Labute approximate surface area is 203 Å². The zero-order valence-corrected chi connectivity index (χ0v) is 20.5. The summed E-state index contributed by atoms with van der Waals surface area (Å²) >= 11 is 6.55. The van der Waals surface area contributed by atoms with Crippen LogP contribution in [0.25, 0.3) is 0 Å². The molecule has 0 unspecified atom stereocenters. The molecule has 0 aliphatic heterocycles. The Morgan fingerprint density at radius 2 is 1.34 bits per heavy atom. The van der Waals surface area contributed by atoms with Crippen molar-refractivity contribution in [2.75, 3.05) is 25.7 Å². The molecule has 0 saturated heterocycles. The summed E-state index contributed by atoms with van der Waals surface area (Å²) in [5, 5.41) is 0. The van der Waals surface area contributed by atoms with Crippen molar-refractivity contribution in [3.05, 3.63) is 58.1 Å². The fourth-order valence-electron chi connectivity index (χ4n) is 3.49. The molecule has 4 N–H and O–H groups in total. The van der Waals surface area contributed by atoms with Crippen LogP contribution in [0, 0.1) is 0 Å². The number of esters is 2. The number of halogens is 1. The number of hydrogen-bond donors (Lipinski definition) is 3. The molecule has 2 aromatic rings. The van der Waals surface area contributed by atoms with Gasteiger partial charge < -0.3 is 20.9 Å². The van der Waals surface area contributed by atoms with Gasteiger partial charge in [0.25, 0.3) is 0 Å². The Kier molecular flexibility index (Phi) is 8.92. The molecule has 0 amide bonds. The van der Waals surface area contributed by atoms with Crippen LogP contribution in [-0.2, 0) is 29.9 Å². The third-order valence-corrected chi connectivity index (χ3v) is 6.36. The first-order valence-corrected chi connectivity index (χ1v) is 11.0. The number of nitrogen functional groups attached to an aromatic ring is 2. The van der Waals surface area contributed by atoms with Gasteiger partial charge in [-0.05, 0) is 77.0 Å². The van der Waals surface area contributed by atoms with E-state index in [-0.39, 0.29) is 17.4 Å². The van der Waals surface area contributed by atoms with Crippen molar-refractivity contribution in [1.29, 1.82) is 0 Å². The summed E-state index contributed by atoms with van der Waals surface area (Å²) in [7, 11) is 7.19. The summed E-state index contributed by atoms with van der Waals surface area (Å²) in [6.45, 7) is 0. The van der Waals surface area contributed by atoms with Gasteiger partial charge in [0.2, 0.25) is 0 Å². The molecule has 0 heterocycles. The Morgan fingerprint density at radius 3 is 1.72 bits per heavy atom. The molecule has 0 bridgehead atoms. The van der Waals surface area contributed by atoms with Crippen LogP contribution in [-0.4, -0.2) is 33.8 Å². The number of nitrogens with two attached hydrogens (primary N) is 2. The minimum atomic E-state index is -0.412. The third-order valence-electron chi connectivity index (χ3n) is 5.67. The fraction of sp³-hybridized carbons (Fsp3) is 0.364. The molecule has 2 aliphatic carbocycles. The Hall–Kier alpha value is -2.33. The summed E-state index contributed by atoms with van der Waals surface area (Å²) in [4.78, 5) is 23.2. The molecular formula is C22H26BBrN3O4S. The summed E-state index contributed by atoms with van der Waals surface area (Å²) in [6.07, 6.45) is 3.47. The van der Waals surface area contributed by atoms with Gasteiger partial charge in [-0.15, -0.1) is 0 Å². The summed E-state index contributed by atoms with van der Waals surface area (Å²) in [6, 6.07) is 13.0. The molecule has 169 valence electrons. The number of thiol groups is 1. The van der Waals surface area contributed by atoms with Gasteiger partial charge in [-0.2, -0.15) is 0 Å². The molecule has 4 rings (SSSR count). The molecule has 10 heteroatoms. The van der Waals surface area contributed by atoms with Gasteiger partial charge in [0.15, 0.2) is 0 Å². The monoisotopic (exact) mass is 518 g/mol. The maximum absolute atomic E-state index is 11.6. The first-order chi connectivity index (χ1) is 15.2. The average Bonchev–Trinajstić information content (AvgIpc) is 3.70. The quantitative estimate of drug-likeness (QED) is 0.244. The number of methoxy groups -OCH3 is 2. The van der Waals surface area contributed by atoms with Crippen LogP contribution in [0.3, 0.4) is 0 Å². The van der Waals surface area contributed by atoms with Gasteiger partial charge in [0.1, 0.15) is 0 Å². The van der Waals surface area contributed by atoms with Crippen LogP contribution >= 0.6 is 28.7 Å². The van der Waals surface area contributed by atoms with Crippen LogP contribution < -0.4 is 11.5 Å². The number of nitrogens with zero attached hydrogens (tertiary/aromatic N) is 1. The topological polar surface area (TPSA) is 117 Å². The molecule has 1 radical (unpaired) electrons. The molecule has 0 atom stereocenters. The van der Waals surface area contributed by atoms with E-state index in [1.165, 1.54) is 14.2 Å². The van der Waals surface area contributed by atoms with Crippen LogP contribution in [0.1, 0.15) is 36.8 Å². The number of anilines is 2. The first-order valence-electron chi connectivity index (χ1n) is 9.83. The van der Waals surface area contributed by atoms with E-state index in [4.69, 9.17) is 20.9 Å². The van der Waals surface area contributed by atoms with Crippen LogP contribution in [0.4, 0.5) is 11.4 Å². The zero-order valence-electron chi connectivity index (χ0n) is 18.0. The molecular weight excluding hydrogens is 493 g/mol. The van der Waals surface area contributed by atoms with E-state index in [0.717, 1.165) is 47.0 Å².